The SMILES string of the molecule is COc1nc(Cl)nc(N(CCO)C(C)C)n1. The van der Waals surface area contributed by atoms with Crippen LogP contribution in [0.15, 0.2) is 0 Å². The maximum absolute atomic E-state index is 8.97. The van der Waals surface area contributed by atoms with Gasteiger partial charge < -0.3 is 14.7 Å². The zero-order valence-corrected chi connectivity index (χ0v) is 10.3. The normalized spacial score (nSPS) is 10.6. The summed E-state index contributed by atoms with van der Waals surface area (Å²) in [5.74, 6) is 0.404. The number of nitrogens with zero attached hydrogens (tertiary/aromatic N) is 4. The molecule has 0 fully saturated rings. The minimum atomic E-state index is 0.0177. The molecule has 1 rings (SSSR count). The number of rotatable bonds is 5. The highest BCUT2D eigenvalue weighted by atomic mass is 35.5. The standard InChI is InChI=1S/C9H15ClN4O2/c1-6(2)14(4-5-15)8-11-7(10)12-9(13-8)16-3/h6,15H,4-5H2,1-3H3. The third-order valence-electron chi connectivity index (χ3n) is 1.98. The topological polar surface area (TPSA) is 71.4 Å². The molecule has 7 heteroatoms. The van der Waals surface area contributed by atoms with Crippen molar-refractivity contribution < 1.29 is 9.84 Å². The number of ether oxygens (including phenoxy) is 1. The van der Waals surface area contributed by atoms with Crippen molar-refractivity contribution in [2.45, 2.75) is 19.9 Å². The highest BCUT2D eigenvalue weighted by Crippen LogP contribution is 2.16. The zero-order chi connectivity index (χ0) is 12.1. The molecule has 90 valence electrons. The Morgan fingerprint density at radius 2 is 2.06 bits per heavy atom. The van der Waals surface area contributed by atoms with Crippen LogP contribution in [0, 0.1) is 0 Å². The smallest absolute Gasteiger partial charge is 0.322 e. The van der Waals surface area contributed by atoms with E-state index >= 15 is 0 Å². The first kappa shape index (κ1) is 12.9. The Morgan fingerprint density at radius 1 is 1.38 bits per heavy atom. The van der Waals surface area contributed by atoms with Crippen molar-refractivity contribution in [3.63, 3.8) is 0 Å². The third kappa shape index (κ3) is 3.18. The van der Waals surface area contributed by atoms with Gasteiger partial charge in [0.1, 0.15) is 0 Å². The van der Waals surface area contributed by atoms with Gasteiger partial charge in [-0.25, -0.2) is 0 Å². The van der Waals surface area contributed by atoms with Crippen molar-refractivity contribution in [2.75, 3.05) is 25.2 Å². The Kier molecular flexibility index (Phi) is 4.70. The molecule has 0 aliphatic heterocycles. The molecule has 0 radical (unpaired) electrons. The van der Waals surface area contributed by atoms with Gasteiger partial charge in [-0.15, -0.1) is 0 Å². The van der Waals surface area contributed by atoms with E-state index in [2.05, 4.69) is 15.0 Å². The van der Waals surface area contributed by atoms with Crippen molar-refractivity contribution in [3.05, 3.63) is 5.28 Å². The molecule has 1 aromatic rings. The van der Waals surface area contributed by atoms with Crippen LogP contribution in [0.5, 0.6) is 6.01 Å². The molecule has 1 heterocycles. The molecule has 1 N–H and O–H groups in total. The lowest BCUT2D eigenvalue weighted by atomic mass is 10.3. The van der Waals surface area contributed by atoms with Crippen LogP contribution in [0.1, 0.15) is 13.8 Å². The Bertz CT molecular complexity index is 348. The van der Waals surface area contributed by atoms with Crippen LogP contribution in [-0.2, 0) is 0 Å². The predicted octanol–water partition coefficient (Wildman–Crippen LogP) is 0.741. The summed E-state index contributed by atoms with van der Waals surface area (Å²) in [6.45, 7) is 4.39. The second-order valence-corrected chi connectivity index (χ2v) is 3.74. The summed E-state index contributed by atoms with van der Waals surface area (Å²) in [7, 11) is 1.46. The van der Waals surface area contributed by atoms with Crippen molar-refractivity contribution >= 4 is 17.5 Å². The predicted molar refractivity (Wildman–Crippen MR) is 61.0 cm³/mol. The van der Waals surface area contributed by atoms with E-state index in [9.17, 15) is 0 Å². The summed E-state index contributed by atoms with van der Waals surface area (Å²) < 4.78 is 4.91. The number of aliphatic hydroxyl groups excluding tert-OH is 1. The maximum Gasteiger partial charge on any atom is 0.322 e. The Morgan fingerprint density at radius 3 is 2.56 bits per heavy atom. The molecule has 16 heavy (non-hydrogen) atoms. The van der Waals surface area contributed by atoms with Gasteiger partial charge >= 0.3 is 6.01 Å². The van der Waals surface area contributed by atoms with Crippen LogP contribution in [-0.4, -0.2) is 46.4 Å². The van der Waals surface area contributed by atoms with Crippen LogP contribution in [0.25, 0.3) is 0 Å². The molecule has 0 atom stereocenters. The fourth-order valence-electron chi connectivity index (χ4n) is 1.24. The van der Waals surface area contributed by atoms with Crippen LogP contribution < -0.4 is 9.64 Å². The number of aromatic nitrogens is 3. The van der Waals surface area contributed by atoms with Crippen molar-refractivity contribution in [2.24, 2.45) is 0 Å². The van der Waals surface area contributed by atoms with E-state index in [1.165, 1.54) is 7.11 Å². The molecule has 0 saturated carbocycles. The van der Waals surface area contributed by atoms with Gasteiger partial charge in [0.15, 0.2) is 0 Å². The van der Waals surface area contributed by atoms with Gasteiger partial charge in [0.25, 0.3) is 0 Å². The summed E-state index contributed by atoms with van der Waals surface area (Å²) in [5.41, 5.74) is 0. The molecule has 0 aliphatic rings. The van der Waals surface area contributed by atoms with Crippen LogP contribution in [0.4, 0.5) is 5.95 Å². The van der Waals surface area contributed by atoms with Crippen LogP contribution >= 0.6 is 11.6 Å². The molecule has 0 bridgehead atoms. The first-order chi connectivity index (χ1) is 7.58. The van der Waals surface area contributed by atoms with Gasteiger partial charge in [-0.1, -0.05) is 0 Å². The van der Waals surface area contributed by atoms with Crippen LogP contribution in [0.3, 0.4) is 0 Å². The maximum atomic E-state index is 8.97. The quantitative estimate of drug-likeness (QED) is 0.826. The molecule has 6 nitrogen and oxygen atoms in total. The summed E-state index contributed by atoms with van der Waals surface area (Å²) in [5, 5.41) is 9.04. The van der Waals surface area contributed by atoms with E-state index < -0.39 is 0 Å². The highest BCUT2D eigenvalue weighted by Gasteiger charge is 2.15. The van der Waals surface area contributed by atoms with Gasteiger partial charge in [0.2, 0.25) is 11.2 Å². The van der Waals surface area contributed by atoms with Crippen molar-refractivity contribution in [3.8, 4) is 6.01 Å². The van der Waals surface area contributed by atoms with E-state index in [0.29, 0.717) is 12.5 Å². The van der Waals surface area contributed by atoms with Crippen molar-refractivity contribution in [1.82, 2.24) is 15.0 Å². The molecular weight excluding hydrogens is 232 g/mol. The fraction of sp³-hybridized carbons (Fsp3) is 0.667. The molecule has 0 aromatic carbocycles. The lowest BCUT2D eigenvalue weighted by Crippen LogP contribution is -2.35. The summed E-state index contributed by atoms with van der Waals surface area (Å²) in [4.78, 5) is 13.7. The Balaban J connectivity index is 3.03. The van der Waals surface area contributed by atoms with Gasteiger partial charge in [0.05, 0.1) is 13.7 Å². The van der Waals surface area contributed by atoms with Gasteiger partial charge in [-0.2, -0.15) is 15.0 Å². The molecule has 0 aliphatic carbocycles. The summed E-state index contributed by atoms with van der Waals surface area (Å²) in [6, 6.07) is 0.314. The third-order valence-corrected chi connectivity index (χ3v) is 2.15. The number of hydrogen-bond donors (Lipinski definition) is 1. The molecule has 0 spiro atoms. The second kappa shape index (κ2) is 5.81. The van der Waals surface area contributed by atoms with E-state index in [1.807, 2.05) is 18.7 Å². The van der Waals surface area contributed by atoms with E-state index in [-0.39, 0.29) is 23.9 Å². The molecule has 0 amide bonds. The molecule has 1 aromatic heterocycles. The fourth-order valence-corrected chi connectivity index (χ4v) is 1.39. The summed E-state index contributed by atoms with van der Waals surface area (Å²) >= 11 is 5.75. The van der Waals surface area contributed by atoms with E-state index in [0.717, 1.165) is 0 Å². The van der Waals surface area contributed by atoms with Crippen LogP contribution in [0.2, 0.25) is 5.28 Å². The lowest BCUT2D eigenvalue weighted by molar-refractivity contribution is 0.297. The van der Waals surface area contributed by atoms with E-state index in [1.54, 1.807) is 0 Å². The monoisotopic (exact) mass is 246 g/mol. The average molecular weight is 247 g/mol. The molecular formula is C9H15ClN4O2. The number of hydrogen-bond acceptors (Lipinski definition) is 6. The number of methoxy groups -OCH3 is 1. The molecule has 0 saturated heterocycles. The van der Waals surface area contributed by atoms with E-state index in [4.69, 9.17) is 21.4 Å². The first-order valence-corrected chi connectivity index (χ1v) is 5.29. The van der Waals surface area contributed by atoms with Crippen molar-refractivity contribution in [1.29, 1.82) is 0 Å². The zero-order valence-electron chi connectivity index (χ0n) is 9.51. The molecule has 0 unspecified atom stereocenters. The largest absolute Gasteiger partial charge is 0.467 e. The van der Waals surface area contributed by atoms with Gasteiger partial charge in [0, 0.05) is 12.6 Å². The van der Waals surface area contributed by atoms with Gasteiger partial charge in [-0.3, -0.25) is 0 Å². The Hall–Kier alpha value is -1.14. The summed E-state index contributed by atoms with van der Waals surface area (Å²) in [6.07, 6.45) is 0. The lowest BCUT2D eigenvalue weighted by Gasteiger charge is -2.25. The highest BCUT2D eigenvalue weighted by molar-refractivity contribution is 6.28. The minimum Gasteiger partial charge on any atom is -0.467 e. The number of aliphatic hydroxyl groups is 1. The second-order valence-electron chi connectivity index (χ2n) is 3.40. The minimum absolute atomic E-state index is 0.0177. The average Bonchev–Trinajstić information content (AvgIpc) is 2.24. The van der Waals surface area contributed by atoms with Gasteiger partial charge in [-0.05, 0) is 25.4 Å². The number of halogens is 1. The first-order valence-electron chi connectivity index (χ1n) is 4.91. The number of anilines is 1. The Labute approximate surface area is 99.3 Å².